The number of hydrogen-bond acceptors (Lipinski definition) is 0. The fraction of sp³-hybridized carbons (Fsp3) is 0.333. The van der Waals surface area contributed by atoms with Gasteiger partial charge in [-0.25, -0.2) is 0 Å². The molecule has 0 N–H and O–H groups in total. The molecule has 0 saturated carbocycles. The Morgan fingerprint density at radius 2 is 0.704 bits per heavy atom. The molecule has 0 heterocycles. The molecule has 1 aliphatic carbocycles. The lowest BCUT2D eigenvalue weighted by Gasteiger charge is -2.23. The number of aryl methyl sites for hydroxylation is 3. The highest BCUT2D eigenvalue weighted by molar-refractivity contribution is 6.25. The van der Waals surface area contributed by atoms with Gasteiger partial charge in [0.05, 0.1) is 0 Å². The second kappa shape index (κ2) is 27.0. The third-order valence-electron chi connectivity index (χ3n) is 8.63. The highest BCUT2D eigenvalue weighted by atomic mass is 14.4. The third kappa shape index (κ3) is 12.2. The first-order valence-electron chi connectivity index (χ1n) is 20.9. The average molecular weight is 723 g/mol. The lowest BCUT2D eigenvalue weighted by atomic mass is 9.80. The van der Waals surface area contributed by atoms with Crippen LogP contribution in [0.15, 0.2) is 140 Å². The van der Waals surface area contributed by atoms with Crippen LogP contribution >= 0.6 is 0 Å². The molecule has 1 aliphatic rings. The number of hydrogen-bond donors (Lipinski definition) is 0. The van der Waals surface area contributed by atoms with Gasteiger partial charge in [-0.05, 0) is 80.9 Å². The molecule has 0 aromatic heterocycles. The highest BCUT2D eigenvalue weighted by Gasteiger charge is 2.35. The van der Waals surface area contributed by atoms with Crippen LogP contribution in [0.3, 0.4) is 0 Å². The zero-order valence-corrected chi connectivity index (χ0v) is 37.3. The minimum atomic E-state index is 0.150. The Morgan fingerprint density at radius 1 is 0.315 bits per heavy atom. The number of benzene rings is 7. The maximum Gasteiger partial charge on any atom is 0.0161 e. The summed E-state index contributed by atoms with van der Waals surface area (Å²) in [6.45, 7) is 35.1. The third-order valence-corrected chi connectivity index (χ3v) is 8.63. The van der Waals surface area contributed by atoms with Crippen molar-refractivity contribution in [1.82, 2.24) is 0 Å². The second-order valence-corrected chi connectivity index (χ2v) is 12.0. The van der Waals surface area contributed by atoms with E-state index in [1.165, 1.54) is 71.3 Å². The van der Waals surface area contributed by atoms with Crippen LogP contribution in [0.1, 0.15) is 125 Å². The smallest absolute Gasteiger partial charge is 0.0161 e. The summed E-state index contributed by atoms with van der Waals surface area (Å²) in [5.41, 5.74) is 9.97. The van der Waals surface area contributed by atoms with E-state index in [1.807, 2.05) is 101 Å². The van der Waals surface area contributed by atoms with Crippen LogP contribution in [-0.2, 0) is 5.41 Å². The van der Waals surface area contributed by atoms with Crippen LogP contribution in [-0.4, -0.2) is 0 Å². The molecule has 0 unspecified atom stereocenters. The van der Waals surface area contributed by atoms with Gasteiger partial charge in [-0.3, -0.25) is 0 Å². The fourth-order valence-corrected chi connectivity index (χ4v) is 6.68. The molecule has 0 saturated heterocycles. The van der Waals surface area contributed by atoms with Gasteiger partial charge >= 0.3 is 0 Å². The summed E-state index contributed by atoms with van der Waals surface area (Å²) >= 11 is 0. The zero-order chi connectivity index (χ0) is 41.3. The molecule has 0 atom stereocenters. The predicted octanol–water partition coefficient (Wildman–Crippen LogP) is 17.9. The van der Waals surface area contributed by atoms with E-state index in [0.29, 0.717) is 0 Å². The van der Waals surface area contributed by atoms with Gasteiger partial charge in [0.1, 0.15) is 0 Å². The molecule has 0 spiro atoms. The summed E-state index contributed by atoms with van der Waals surface area (Å²) in [6.07, 6.45) is 0. The molecule has 8 rings (SSSR count). The summed E-state index contributed by atoms with van der Waals surface area (Å²) in [4.78, 5) is 0. The molecule has 7 aromatic rings. The normalized spacial score (nSPS) is 10.5. The average Bonchev–Trinajstić information content (AvgIpc) is 3.50. The van der Waals surface area contributed by atoms with Crippen LogP contribution in [0.4, 0.5) is 0 Å². The van der Waals surface area contributed by atoms with E-state index < -0.39 is 0 Å². The van der Waals surface area contributed by atoms with Gasteiger partial charge in [-0.1, -0.05) is 248 Å². The zero-order valence-electron chi connectivity index (χ0n) is 37.3. The van der Waals surface area contributed by atoms with Gasteiger partial charge in [-0.2, -0.15) is 0 Å². The number of fused-ring (bicyclic) bond motifs is 9. The first-order valence-corrected chi connectivity index (χ1v) is 20.9. The van der Waals surface area contributed by atoms with Crippen molar-refractivity contribution < 1.29 is 0 Å². The molecule has 0 radical (unpaired) electrons. The van der Waals surface area contributed by atoms with E-state index in [-0.39, 0.29) is 5.41 Å². The lowest BCUT2D eigenvalue weighted by Crippen LogP contribution is -2.16. The van der Waals surface area contributed by atoms with E-state index in [4.69, 9.17) is 0 Å². The Balaban J connectivity index is 0.000000724. The molecule has 0 heteroatoms. The van der Waals surface area contributed by atoms with Crippen LogP contribution < -0.4 is 0 Å². The standard InChI is InChI=1S/C19H14.C16H16.C7H8.6C2H6/c1-13-10-11-18-16-8-3-2-6-14(16)15-7-4-5-9-17(15)19(18)12-13;1-11-7-6-9-13-12-8-4-5-10-14(12)16(2,3)15(11)13;1-7-5-3-2-4-6-7;6*1-2/h2-12H,1H3;4-10H,1-3H3;2-6H,1H3;6*1-2H3. The summed E-state index contributed by atoms with van der Waals surface area (Å²) in [7, 11) is 0. The monoisotopic (exact) mass is 723 g/mol. The molecule has 0 bridgehead atoms. The van der Waals surface area contributed by atoms with Crippen molar-refractivity contribution in [2.75, 3.05) is 0 Å². The Labute approximate surface area is 332 Å². The van der Waals surface area contributed by atoms with Gasteiger partial charge in [0.25, 0.3) is 0 Å². The van der Waals surface area contributed by atoms with Gasteiger partial charge in [0, 0.05) is 5.41 Å². The molecular formula is C54H74. The van der Waals surface area contributed by atoms with Crippen molar-refractivity contribution in [2.24, 2.45) is 0 Å². The molecule has 7 aromatic carbocycles. The van der Waals surface area contributed by atoms with Gasteiger partial charge in [0.2, 0.25) is 0 Å². The van der Waals surface area contributed by atoms with Crippen LogP contribution in [0.25, 0.3) is 43.4 Å². The van der Waals surface area contributed by atoms with Gasteiger partial charge in [0.15, 0.2) is 0 Å². The van der Waals surface area contributed by atoms with E-state index in [2.05, 4.69) is 156 Å². The molecule has 0 amide bonds. The molecular weight excluding hydrogens is 649 g/mol. The highest BCUT2D eigenvalue weighted by Crippen LogP contribution is 2.49. The fourth-order valence-electron chi connectivity index (χ4n) is 6.68. The molecule has 290 valence electrons. The van der Waals surface area contributed by atoms with Crippen molar-refractivity contribution in [3.8, 4) is 11.1 Å². The SMILES string of the molecule is CC.CC.CC.CC.CC.CC.Cc1ccc2c3ccccc3c3ccccc3c2c1.Cc1cccc2c1C(C)(C)c1ccccc1-2.Cc1ccccc1. The Kier molecular flexibility index (Phi) is 24.6. The van der Waals surface area contributed by atoms with E-state index in [0.717, 1.165) is 0 Å². The predicted molar refractivity (Wildman–Crippen MR) is 252 cm³/mol. The maximum atomic E-state index is 2.32. The van der Waals surface area contributed by atoms with Crippen LogP contribution in [0.2, 0.25) is 0 Å². The Morgan fingerprint density at radius 3 is 1.17 bits per heavy atom. The molecule has 0 nitrogen and oxygen atoms in total. The van der Waals surface area contributed by atoms with E-state index in [9.17, 15) is 0 Å². The summed E-state index contributed by atoms with van der Waals surface area (Å²) < 4.78 is 0. The van der Waals surface area contributed by atoms with Crippen LogP contribution in [0.5, 0.6) is 0 Å². The molecule has 54 heavy (non-hydrogen) atoms. The quantitative estimate of drug-likeness (QED) is 0.137. The Bertz CT molecular complexity index is 1990. The van der Waals surface area contributed by atoms with E-state index in [1.54, 1.807) is 0 Å². The minimum absolute atomic E-state index is 0.150. The van der Waals surface area contributed by atoms with Crippen molar-refractivity contribution in [2.45, 2.75) is 123 Å². The summed E-state index contributed by atoms with van der Waals surface area (Å²) in [5.74, 6) is 0. The first-order chi connectivity index (χ1) is 26.4. The topological polar surface area (TPSA) is 0 Å². The maximum absolute atomic E-state index is 2.32. The van der Waals surface area contributed by atoms with Crippen molar-refractivity contribution >= 4 is 32.3 Å². The van der Waals surface area contributed by atoms with Crippen molar-refractivity contribution in [3.05, 3.63) is 167 Å². The number of rotatable bonds is 0. The van der Waals surface area contributed by atoms with Crippen molar-refractivity contribution in [1.29, 1.82) is 0 Å². The largest absolute Gasteiger partial charge is 0.0683 e. The molecule has 0 fully saturated rings. The second-order valence-electron chi connectivity index (χ2n) is 12.0. The van der Waals surface area contributed by atoms with Crippen LogP contribution in [0, 0.1) is 20.8 Å². The summed E-state index contributed by atoms with van der Waals surface area (Å²) in [5, 5.41) is 8.08. The summed E-state index contributed by atoms with van der Waals surface area (Å²) in [6, 6.07) is 49.8. The minimum Gasteiger partial charge on any atom is -0.0683 e. The van der Waals surface area contributed by atoms with Gasteiger partial charge in [-0.15, -0.1) is 0 Å². The Hall–Kier alpha value is -4.68. The van der Waals surface area contributed by atoms with Gasteiger partial charge < -0.3 is 0 Å². The van der Waals surface area contributed by atoms with Crippen molar-refractivity contribution in [3.63, 3.8) is 0 Å². The first kappa shape index (κ1) is 49.3. The molecule has 0 aliphatic heterocycles. The lowest BCUT2D eigenvalue weighted by molar-refractivity contribution is 0.655. The van der Waals surface area contributed by atoms with E-state index >= 15 is 0 Å².